The van der Waals surface area contributed by atoms with Gasteiger partial charge in [-0.15, -0.1) is 0 Å². The van der Waals surface area contributed by atoms with Crippen molar-refractivity contribution in [1.82, 2.24) is 5.16 Å². The number of benzene rings is 1. The Balaban J connectivity index is 2.24. The fraction of sp³-hybridized carbons (Fsp3) is 0.400. The summed E-state index contributed by atoms with van der Waals surface area (Å²) in [5.41, 5.74) is 0.937. The minimum absolute atomic E-state index is 0.669. The standard InChI is InChI=1S/C15H19NO3/c1-3-9-17-14-6-5-12(13-7-8-16-19-13)11-15(14)18-10-4-2/h5-8,11H,3-4,9-10H2,1-2H3. The zero-order chi connectivity index (χ0) is 13.5. The van der Waals surface area contributed by atoms with Gasteiger partial charge in [-0.05, 0) is 31.0 Å². The fourth-order valence-corrected chi connectivity index (χ4v) is 1.68. The minimum Gasteiger partial charge on any atom is -0.490 e. The van der Waals surface area contributed by atoms with Crippen molar-refractivity contribution >= 4 is 0 Å². The molecule has 0 bridgehead atoms. The molecule has 0 amide bonds. The molecule has 0 aliphatic carbocycles. The van der Waals surface area contributed by atoms with Crippen LogP contribution in [0.4, 0.5) is 0 Å². The van der Waals surface area contributed by atoms with Crippen molar-refractivity contribution in [1.29, 1.82) is 0 Å². The number of aromatic nitrogens is 1. The second-order valence-electron chi connectivity index (χ2n) is 4.24. The van der Waals surface area contributed by atoms with Gasteiger partial charge >= 0.3 is 0 Å². The quantitative estimate of drug-likeness (QED) is 0.757. The van der Waals surface area contributed by atoms with Crippen LogP contribution < -0.4 is 9.47 Å². The summed E-state index contributed by atoms with van der Waals surface area (Å²) in [6, 6.07) is 7.62. The van der Waals surface area contributed by atoms with Crippen LogP contribution in [-0.4, -0.2) is 18.4 Å². The van der Waals surface area contributed by atoms with Crippen LogP contribution in [0.5, 0.6) is 11.5 Å². The Morgan fingerprint density at radius 3 is 2.37 bits per heavy atom. The number of rotatable bonds is 7. The second-order valence-corrected chi connectivity index (χ2v) is 4.24. The maximum atomic E-state index is 5.73. The van der Waals surface area contributed by atoms with Crippen LogP contribution >= 0.6 is 0 Å². The molecule has 1 heterocycles. The van der Waals surface area contributed by atoms with Crippen LogP contribution in [-0.2, 0) is 0 Å². The van der Waals surface area contributed by atoms with E-state index in [0.29, 0.717) is 13.2 Å². The van der Waals surface area contributed by atoms with Gasteiger partial charge < -0.3 is 14.0 Å². The third-order valence-corrected chi connectivity index (χ3v) is 2.59. The normalized spacial score (nSPS) is 10.4. The molecule has 0 saturated carbocycles. The van der Waals surface area contributed by atoms with Crippen molar-refractivity contribution in [2.24, 2.45) is 0 Å². The van der Waals surface area contributed by atoms with E-state index in [4.69, 9.17) is 14.0 Å². The molecule has 0 radical (unpaired) electrons. The molecule has 102 valence electrons. The smallest absolute Gasteiger partial charge is 0.166 e. The monoisotopic (exact) mass is 261 g/mol. The van der Waals surface area contributed by atoms with Gasteiger partial charge in [0.25, 0.3) is 0 Å². The number of hydrogen-bond donors (Lipinski definition) is 0. The van der Waals surface area contributed by atoms with Gasteiger partial charge in [-0.1, -0.05) is 19.0 Å². The summed E-state index contributed by atoms with van der Waals surface area (Å²) in [4.78, 5) is 0. The SMILES string of the molecule is CCCOc1ccc(-c2ccno2)cc1OCCC. The first-order valence-corrected chi connectivity index (χ1v) is 6.65. The summed E-state index contributed by atoms with van der Waals surface area (Å²) in [6.07, 6.45) is 3.56. The molecule has 2 rings (SSSR count). The maximum absolute atomic E-state index is 5.73. The topological polar surface area (TPSA) is 44.5 Å². The summed E-state index contributed by atoms with van der Waals surface area (Å²) in [5.74, 6) is 2.26. The van der Waals surface area contributed by atoms with Crippen molar-refractivity contribution in [2.45, 2.75) is 26.7 Å². The van der Waals surface area contributed by atoms with Crippen molar-refractivity contribution in [3.05, 3.63) is 30.5 Å². The van der Waals surface area contributed by atoms with Crippen LogP contribution in [0, 0.1) is 0 Å². The van der Waals surface area contributed by atoms with Crippen LogP contribution in [0.1, 0.15) is 26.7 Å². The minimum atomic E-state index is 0.669. The van der Waals surface area contributed by atoms with E-state index in [9.17, 15) is 0 Å². The average molecular weight is 261 g/mol. The predicted molar refractivity (Wildman–Crippen MR) is 73.5 cm³/mol. The first-order chi connectivity index (χ1) is 9.35. The Morgan fingerprint density at radius 1 is 1.00 bits per heavy atom. The lowest BCUT2D eigenvalue weighted by Gasteiger charge is -2.12. The molecule has 1 aromatic heterocycles. The highest BCUT2D eigenvalue weighted by Crippen LogP contribution is 2.32. The highest BCUT2D eigenvalue weighted by molar-refractivity contribution is 5.62. The molecule has 0 aliphatic heterocycles. The Morgan fingerprint density at radius 2 is 1.74 bits per heavy atom. The summed E-state index contributed by atoms with van der Waals surface area (Å²) >= 11 is 0. The predicted octanol–water partition coefficient (Wildman–Crippen LogP) is 3.92. The third-order valence-electron chi connectivity index (χ3n) is 2.59. The first-order valence-electron chi connectivity index (χ1n) is 6.65. The van der Waals surface area contributed by atoms with E-state index in [0.717, 1.165) is 35.7 Å². The molecular formula is C15H19NO3. The largest absolute Gasteiger partial charge is 0.490 e. The van der Waals surface area contributed by atoms with Crippen molar-refractivity contribution in [3.63, 3.8) is 0 Å². The maximum Gasteiger partial charge on any atom is 0.166 e. The molecule has 0 unspecified atom stereocenters. The highest BCUT2D eigenvalue weighted by atomic mass is 16.5. The van der Waals surface area contributed by atoms with E-state index >= 15 is 0 Å². The molecule has 4 heteroatoms. The average Bonchev–Trinajstić information content (AvgIpc) is 2.97. The highest BCUT2D eigenvalue weighted by Gasteiger charge is 2.09. The Hall–Kier alpha value is -1.97. The van der Waals surface area contributed by atoms with E-state index < -0.39 is 0 Å². The number of nitrogens with zero attached hydrogens (tertiary/aromatic N) is 1. The van der Waals surface area contributed by atoms with Gasteiger partial charge in [0, 0.05) is 11.6 Å². The van der Waals surface area contributed by atoms with Crippen LogP contribution in [0.3, 0.4) is 0 Å². The third kappa shape index (κ3) is 3.50. The molecule has 1 aromatic carbocycles. The molecule has 0 atom stereocenters. The molecule has 2 aromatic rings. The molecule has 0 N–H and O–H groups in total. The van der Waals surface area contributed by atoms with Crippen molar-refractivity contribution < 1.29 is 14.0 Å². The number of ether oxygens (including phenoxy) is 2. The molecule has 19 heavy (non-hydrogen) atoms. The van der Waals surface area contributed by atoms with Gasteiger partial charge in [-0.2, -0.15) is 0 Å². The molecule has 0 aliphatic rings. The van der Waals surface area contributed by atoms with Crippen LogP contribution in [0.15, 0.2) is 35.0 Å². The number of hydrogen-bond acceptors (Lipinski definition) is 4. The fourth-order valence-electron chi connectivity index (χ4n) is 1.68. The molecule has 4 nitrogen and oxygen atoms in total. The van der Waals surface area contributed by atoms with Crippen LogP contribution in [0.2, 0.25) is 0 Å². The van der Waals surface area contributed by atoms with Gasteiger partial charge in [-0.25, -0.2) is 0 Å². The summed E-state index contributed by atoms with van der Waals surface area (Å²) in [6.45, 7) is 5.51. The van der Waals surface area contributed by atoms with E-state index in [1.807, 2.05) is 24.3 Å². The Bertz CT molecular complexity index is 494. The van der Waals surface area contributed by atoms with E-state index in [1.165, 1.54) is 0 Å². The van der Waals surface area contributed by atoms with E-state index in [2.05, 4.69) is 19.0 Å². The van der Waals surface area contributed by atoms with E-state index in [-0.39, 0.29) is 0 Å². The summed E-state index contributed by atoms with van der Waals surface area (Å²) in [7, 11) is 0. The Labute approximate surface area is 113 Å². The Kier molecular flexibility index (Phi) is 4.84. The molecule has 0 saturated heterocycles. The van der Waals surface area contributed by atoms with Crippen molar-refractivity contribution in [3.8, 4) is 22.8 Å². The zero-order valence-corrected chi connectivity index (χ0v) is 11.4. The lowest BCUT2D eigenvalue weighted by molar-refractivity contribution is 0.268. The second kappa shape index (κ2) is 6.83. The van der Waals surface area contributed by atoms with E-state index in [1.54, 1.807) is 6.20 Å². The zero-order valence-electron chi connectivity index (χ0n) is 11.4. The van der Waals surface area contributed by atoms with Gasteiger partial charge in [0.1, 0.15) is 0 Å². The summed E-state index contributed by atoms with van der Waals surface area (Å²) in [5, 5.41) is 3.72. The van der Waals surface area contributed by atoms with Crippen molar-refractivity contribution in [2.75, 3.05) is 13.2 Å². The molecular weight excluding hydrogens is 242 g/mol. The lowest BCUT2D eigenvalue weighted by atomic mass is 10.1. The lowest BCUT2D eigenvalue weighted by Crippen LogP contribution is -2.01. The first kappa shape index (κ1) is 13.5. The summed E-state index contributed by atoms with van der Waals surface area (Å²) < 4.78 is 16.6. The molecule has 0 fully saturated rings. The molecule has 0 spiro atoms. The van der Waals surface area contributed by atoms with Gasteiger partial charge in [0.05, 0.1) is 19.4 Å². The van der Waals surface area contributed by atoms with Gasteiger partial charge in [-0.3, -0.25) is 0 Å². The van der Waals surface area contributed by atoms with Gasteiger partial charge in [0.15, 0.2) is 17.3 Å². The van der Waals surface area contributed by atoms with Crippen LogP contribution in [0.25, 0.3) is 11.3 Å². The van der Waals surface area contributed by atoms with Gasteiger partial charge in [0.2, 0.25) is 0 Å².